The van der Waals surface area contributed by atoms with Crippen LogP contribution >= 0.6 is 0 Å². The molecule has 1 aliphatic heterocycles. The Hall–Kier alpha value is -2.02. The van der Waals surface area contributed by atoms with E-state index in [1.54, 1.807) is 0 Å². The van der Waals surface area contributed by atoms with Gasteiger partial charge in [0.05, 0.1) is 0 Å². The molecule has 0 radical (unpaired) electrons. The van der Waals surface area contributed by atoms with Gasteiger partial charge in [-0.1, -0.05) is 80.9 Å². The van der Waals surface area contributed by atoms with Crippen LogP contribution < -0.4 is 0 Å². The van der Waals surface area contributed by atoms with Gasteiger partial charge in [-0.05, 0) is 48.3 Å². The quantitative estimate of drug-likeness (QED) is 0.613. The van der Waals surface area contributed by atoms with E-state index in [1.807, 2.05) is 0 Å². The Balaban J connectivity index is 1.71. The van der Waals surface area contributed by atoms with E-state index in [9.17, 15) is 0 Å². The third kappa shape index (κ3) is 4.75. The molecule has 2 aromatic carbocycles. The van der Waals surface area contributed by atoms with Crippen LogP contribution in [0, 0.1) is 5.92 Å². The van der Waals surface area contributed by atoms with E-state index in [0.29, 0.717) is 0 Å². The van der Waals surface area contributed by atoms with Crippen LogP contribution in [-0.2, 0) is 6.42 Å². The third-order valence-corrected chi connectivity index (χ3v) is 5.43. The molecule has 0 unspecified atom stereocenters. The summed E-state index contributed by atoms with van der Waals surface area (Å²) in [6.45, 7) is 6.98. The number of hydrogen-bond donors (Lipinski definition) is 0. The first-order valence-electron chi connectivity index (χ1n) is 9.88. The maximum Gasteiger partial charge on any atom is 0.0399 e. The summed E-state index contributed by atoms with van der Waals surface area (Å²) in [5, 5.41) is 0. The van der Waals surface area contributed by atoms with Gasteiger partial charge in [-0.3, -0.25) is 0 Å². The van der Waals surface area contributed by atoms with Crippen molar-refractivity contribution in [1.29, 1.82) is 0 Å². The van der Waals surface area contributed by atoms with Crippen molar-refractivity contribution in [3.8, 4) is 0 Å². The number of benzene rings is 2. The minimum absolute atomic E-state index is 0.923. The zero-order chi connectivity index (χ0) is 17.5. The lowest BCUT2D eigenvalue weighted by Gasteiger charge is -2.35. The lowest BCUT2D eigenvalue weighted by molar-refractivity contribution is 0.250. The number of hydrogen-bond acceptors (Lipinski definition) is 1. The van der Waals surface area contributed by atoms with E-state index in [-0.39, 0.29) is 0 Å². The molecule has 0 aromatic heterocycles. The average molecular weight is 334 g/mol. The van der Waals surface area contributed by atoms with Crippen molar-refractivity contribution < 1.29 is 0 Å². The maximum atomic E-state index is 2.60. The van der Waals surface area contributed by atoms with Crippen LogP contribution in [0.1, 0.15) is 56.2 Å². The van der Waals surface area contributed by atoms with Crippen LogP contribution in [-0.4, -0.2) is 18.0 Å². The summed E-state index contributed by atoms with van der Waals surface area (Å²) >= 11 is 0. The number of allylic oxidation sites excluding steroid dienone is 1. The Bertz CT molecular complexity index is 661. The van der Waals surface area contributed by atoms with Crippen molar-refractivity contribution in [1.82, 2.24) is 4.90 Å². The Morgan fingerprint density at radius 3 is 2.16 bits per heavy atom. The second-order valence-electron chi connectivity index (χ2n) is 7.20. The van der Waals surface area contributed by atoms with Crippen LogP contribution in [0.4, 0.5) is 0 Å². The van der Waals surface area contributed by atoms with Gasteiger partial charge < -0.3 is 4.90 Å². The Kier molecular flexibility index (Phi) is 6.33. The van der Waals surface area contributed by atoms with Gasteiger partial charge in [-0.2, -0.15) is 0 Å². The fourth-order valence-corrected chi connectivity index (χ4v) is 3.83. The monoisotopic (exact) mass is 333 g/mol. The summed E-state index contributed by atoms with van der Waals surface area (Å²) in [6.07, 6.45) is 8.51. The molecule has 1 aliphatic rings. The molecular weight excluding hydrogens is 302 g/mol. The predicted octanol–water partition coefficient (Wildman–Crippen LogP) is 6.15. The van der Waals surface area contributed by atoms with Gasteiger partial charge in [0, 0.05) is 18.8 Å². The summed E-state index contributed by atoms with van der Waals surface area (Å²) < 4.78 is 0. The minimum Gasteiger partial charge on any atom is -0.371 e. The Morgan fingerprint density at radius 1 is 0.920 bits per heavy atom. The molecule has 1 heteroatoms. The van der Waals surface area contributed by atoms with E-state index in [1.165, 1.54) is 54.7 Å². The van der Waals surface area contributed by atoms with Crippen LogP contribution in [0.5, 0.6) is 0 Å². The zero-order valence-electron chi connectivity index (χ0n) is 15.7. The Morgan fingerprint density at radius 2 is 1.56 bits per heavy atom. The van der Waals surface area contributed by atoms with Gasteiger partial charge in [0.15, 0.2) is 0 Å². The van der Waals surface area contributed by atoms with Gasteiger partial charge in [0.1, 0.15) is 0 Å². The fraction of sp³-hybridized carbons (Fsp3) is 0.417. The largest absolute Gasteiger partial charge is 0.371 e. The SMILES string of the molecule is CC/C=C(/c1ccc(Cc2ccccc2)cc1)N1CCC(CC)CC1. The Labute approximate surface area is 153 Å². The molecule has 3 rings (SSSR count). The molecule has 25 heavy (non-hydrogen) atoms. The standard InChI is InChI=1S/C24H31N/c1-3-8-24(25-17-15-20(4-2)16-18-25)23-13-11-22(12-14-23)19-21-9-6-5-7-10-21/h5-14,20H,3-4,15-19H2,1-2H3/b24-8-. The highest BCUT2D eigenvalue weighted by Gasteiger charge is 2.20. The number of nitrogens with zero attached hydrogens (tertiary/aromatic N) is 1. The summed E-state index contributed by atoms with van der Waals surface area (Å²) in [4.78, 5) is 2.60. The first-order valence-corrected chi connectivity index (χ1v) is 9.88. The lowest BCUT2D eigenvalue weighted by Crippen LogP contribution is -2.32. The molecule has 0 bridgehead atoms. The molecule has 1 fully saturated rings. The zero-order valence-corrected chi connectivity index (χ0v) is 15.7. The predicted molar refractivity (Wildman–Crippen MR) is 109 cm³/mol. The van der Waals surface area contributed by atoms with Crippen LogP contribution in [0.3, 0.4) is 0 Å². The van der Waals surface area contributed by atoms with E-state index in [0.717, 1.165) is 18.8 Å². The third-order valence-electron chi connectivity index (χ3n) is 5.43. The van der Waals surface area contributed by atoms with Crippen LogP contribution in [0.2, 0.25) is 0 Å². The van der Waals surface area contributed by atoms with E-state index >= 15 is 0 Å². The summed E-state index contributed by atoms with van der Waals surface area (Å²) in [5.41, 5.74) is 5.56. The van der Waals surface area contributed by atoms with E-state index < -0.39 is 0 Å². The van der Waals surface area contributed by atoms with E-state index in [4.69, 9.17) is 0 Å². The van der Waals surface area contributed by atoms with Crippen molar-refractivity contribution >= 4 is 5.70 Å². The highest BCUT2D eigenvalue weighted by atomic mass is 15.1. The molecular formula is C24H31N. The van der Waals surface area contributed by atoms with Gasteiger partial charge in [-0.15, -0.1) is 0 Å². The molecule has 1 heterocycles. The van der Waals surface area contributed by atoms with E-state index in [2.05, 4.69) is 79.4 Å². The number of likely N-dealkylation sites (tertiary alicyclic amines) is 1. The molecule has 0 saturated carbocycles. The first kappa shape index (κ1) is 17.8. The van der Waals surface area contributed by atoms with Gasteiger partial charge >= 0.3 is 0 Å². The van der Waals surface area contributed by atoms with Gasteiger partial charge in [0.25, 0.3) is 0 Å². The van der Waals surface area contributed by atoms with Crippen molar-refractivity contribution in [2.45, 2.75) is 46.0 Å². The van der Waals surface area contributed by atoms with Crippen LogP contribution in [0.15, 0.2) is 60.7 Å². The molecule has 0 atom stereocenters. The highest BCUT2D eigenvalue weighted by molar-refractivity contribution is 5.64. The summed E-state index contributed by atoms with van der Waals surface area (Å²) in [5.74, 6) is 0.923. The maximum absolute atomic E-state index is 2.60. The first-order chi connectivity index (χ1) is 12.3. The van der Waals surface area contributed by atoms with Crippen LogP contribution in [0.25, 0.3) is 5.70 Å². The molecule has 1 nitrogen and oxygen atoms in total. The average Bonchev–Trinajstić information content (AvgIpc) is 2.68. The highest BCUT2D eigenvalue weighted by Crippen LogP contribution is 2.28. The molecule has 0 spiro atoms. The fourth-order valence-electron chi connectivity index (χ4n) is 3.83. The van der Waals surface area contributed by atoms with Gasteiger partial charge in [-0.25, -0.2) is 0 Å². The van der Waals surface area contributed by atoms with Crippen molar-refractivity contribution in [3.63, 3.8) is 0 Å². The van der Waals surface area contributed by atoms with Gasteiger partial charge in [0.2, 0.25) is 0 Å². The molecule has 0 amide bonds. The minimum atomic E-state index is 0.923. The lowest BCUT2D eigenvalue weighted by atomic mass is 9.93. The molecule has 1 saturated heterocycles. The number of piperidine rings is 1. The molecule has 0 aliphatic carbocycles. The summed E-state index contributed by atoms with van der Waals surface area (Å²) in [6, 6.07) is 19.9. The second kappa shape index (κ2) is 8.89. The van der Waals surface area contributed by atoms with Crippen molar-refractivity contribution in [2.24, 2.45) is 5.92 Å². The van der Waals surface area contributed by atoms with Crippen molar-refractivity contribution in [2.75, 3.05) is 13.1 Å². The molecule has 2 aromatic rings. The van der Waals surface area contributed by atoms with Crippen molar-refractivity contribution in [3.05, 3.63) is 77.4 Å². The molecule has 0 N–H and O–H groups in total. The topological polar surface area (TPSA) is 3.24 Å². The summed E-state index contributed by atoms with van der Waals surface area (Å²) in [7, 11) is 0. The smallest absolute Gasteiger partial charge is 0.0399 e. The normalized spacial score (nSPS) is 16.2. The molecule has 132 valence electrons. The second-order valence-corrected chi connectivity index (χ2v) is 7.20. The number of rotatable bonds is 6.